The van der Waals surface area contributed by atoms with Crippen molar-refractivity contribution in [2.24, 2.45) is 0 Å². The quantitative estimate of drug-likeness (QED) is 0.940. The molecule has 120 valence electrons. The molecule has 0 bridgehead atoms. The van der Waals surface area contributed by atoms with Crippen LogP contribution >= 0.6 is 0 Å². The Balaban J connectivity index is 2.24. The Morgan fingerprint density at radius 3 is 2.48 bits per heavy atom. The predicted molar refractivity (Wildman–Crippen MR) is 87.9 cm³/mol. The SMILES string of the molecule is COc1ccc(C(=O)Nc2cccc(C(=O)N(C)C)c2C)cn1. The highest BCUT2D eigenvalue weighted by molar-refractivity contribution is 6.05. The van der Waals surface area contributed by atoms with E-state index in [1.54, 1.807) is 51.4 Å². The smallest absolute Gasteiger partial charge is 0.257 e. The van der Waals surface area contributed by atoms with E-state index in [0.717, 1.165) is 5.56 Å². The number of anilines is 1. The van der Waals surface area contributed by atoms with Crippen molar-refractivity contribution in [3.05, 3.63) is 53.2 Å². The zero-order valence-electron chi connectivity index (χ0n) is 13.6. The van der Waals surface area contributed by atoms with Gasteiger partial charge in [-0.05, 0) is 30.7 Å². The van der Waals surface area contributed by atoms with Crippen molar-refractivity contribution in [1.82, 2.24) is 9.88 Å². The van der Waals surface area contributed by atoms with E-state index in [2.05, 4.69) is 10.3 Å². The van der Waals surface area contributed by atoms with Crippen LogP contribution in [0.5, 0.6) is 5.88 Å². The predicted octanol–water partition coefficient (Wildman–Crippen LogP) is 2.35. The molecule has 23 heavy (non-hydrogen) atoms. The molecule has 0 saturated carbocycles. The van der Waals surface area contributed by atoms with Gasteiger partial charge in [0.15, 0.2) is 0 Å². The summed E-state index contributed by atoms with van der Waals surface area (Å²) in [6.07, 6.45) is 1.44. The maximum absolute atomic E-state index is 12.3. The standard InChI is InChI=1S/C17H19N3O3/c1-11-13(17(22)20(2)3)6-5-7-14(11)19-16(21)12-8-9-15(23-4)18-10-12/h5-10H,1-4H3,(H,19,21). The summed E-state index contributed by atoms with van der Waals surface area (Å²) in [6, 6.07) is 8.49. The van der Waals surface area contributed by atoms with Crippen molar-refractivity contribution in [3.63, 3.8) is 0 Å². The van der Waals surface area contributed by atoms with Crippen molar-refractivity contribution in [2.45, 2.75) is 6.92 Å². The van der Waals surface area contributed by atoms with Gasteiger partial charge in [-0.25, -0.2) is 4.98 Å². The second-order valence-corrected chi connectivity index (χ2v) is 5.22. The van der Waals surface area contributed by atoms with Crippen LogP contribution < -0.4 is 10.1 Å². The molecule has 1 heterocycles. The van der Waals surface area contributed by atoms with Gasteiger partial charge in [0, 0.05) is 37.6 Å². The molecule has 1 N–H and O–H groups in total. The molecule has 0 aliphatic carbocycles. The molecule has 2 amide bonds. The average Bonchev–Trinajstić information content (AvgIpc) is 2.56. The highest BCUT2D eigenvalue weighted by Crippen LogP contribution is 2.21. The molecule has 0 unspecified atom stereocenters. The second kappa shape index (κ2) is 6.91. The Bertz CT molecular complexity index is 724. The number of pyridine rings is 1. The van der Waals surface area contributed by atoms with Gasteiger partial charge >= 0.3 is 0 Å². The van der Waals surface area contributed by atoms with Crippen LogP contribution in [0.25, 0.3) is 0 Å². The van der Waals surface area contributed by atoms with E-state index in [1.165, 1.54) is 18.2 Å². The second-order valence-electron chi connectivity index (χ2n) is 5.22. The van der Waals surface area contributed by atoms with Gasteiger partial charge in [-0.2, -0.15) is 0 Å². The number of nitrogens with zero attached hydrogens (tertiary/aromatic N) is 2. The van der Waals surface area contributed by atoms with Crippen molar-refractivity contribution < 1.29 is 14.3 Å². The van der Waals surface area contributed by atoms with Gasteiger partial charge in [0.2, 0.25) is 5.88 Å². The lowest BCUT2D eigenvalue weighted by Gasteiger charge is -2.15. The summed E-state index contributed by atoms with van der Waals surface area (Å²) in [5.74, 6) is 0.0405. The highest BCUT2D eigenvalue weighted by Gasteiger charge is 2.15. The molecule has 0 saturated heterocycles. The van der Waals surface area contributed by atoms with Crippen LogP contribution in [0.3, 0.4) is 0 Å². The maximum Gasteiger partial charge on any atom is 0.257 e. The minimum atomic E-state index is -0.294. The number of nitrogens with one attached hydrogen (secondary N) is 1. The van der Waals surface area contributed by atoms with Crippen molar-refractivity contribution >= 4 is 17.5 Å². The summed E-state index contributed by atoms with van der Waals surface area (Å²) in [5, 5.41) is 2.81. The first-order chi connectivity index (χ1) is 10.9. The number of carbonyl (C=O) groups is 2. The van der Waals surface area contributed by atoms with E-state index in [-0.39, 0.29) is 11.8 Å². The summed E-state index contributed by atoms with van der Waals surface area (Å²) in [5.41, 5.74) is 2.29. The molecule has 0 spiro atoms. The first-order valence-electron chi connectivity index (χ1n) is 7.06. The van der Waals surface area contributed by atoms with E-state index in [4.69, 9.17) is 4.74 Å². The molecule has 1 aromatic carbocycles. The third-order valence-electron chi connectivity index (χ3n) is 3.43. The van der Waals surface area contributed by atoms with Gasteiger partial charge in [-0.1, -0.05) is 6.07 Å². The van der Waals surface area contributed by atoms with Crippen LogP contribution in [-0.4, -0.2) is 42.9 Å². The summed E-state index contributed by atoms with van der Waals surface area (Å²) in [4.78, 5) is 29.9. The molecule has 0 aliphatic rings. The maximum atomic E-state index is 12.3. The van der Waals surface area contributed by atoms with E-state index < -0.39 is 0 Å². The Morgan fingerprint density at radius 2 is 1.91 bits per heavy atom. The molecule has 6 heteroatoms. The minimum absolute atomic E-state index is 0.107. The zero-order chi connectivity index (χ0) is 17.0. The average molecular weight is 313 g/mol. The zero-order valence-corrected chi connectivity index (χ0v) is 13.6. The van der Waals surface area contributed by atoms with Crippen LogP contribution in [0.15, 0.2) is 36.5 Å². The van der Waals surface area contributed by atoms with Crippen LogP contribution in [-0.2, 0) is 0 Å². The fourth-order valence-electron chi connectivity index (χ4n) is 2.07. The van der Waals surface area contributed by atoms with Crippen LogP contribution in [0.1, 0.15) is 26.3 Å². The number of hydrogen-bond acceptors (Lipinski definition) is 4. The Morgan fingerprint density at radius 1 is 1.17 bits per heavy atom. The Hall–Kier alpha value is -2.89. The van der Waals surface area contributed by atoms with Gasteiger partial charge in [-0.3, -0.25) is 9.59 Å². The topological polar surface area (TPSA) is 71.5 Å². The lowest BCUT2D eigenvalue weighted by molar-refractivity contribution is 0.0826. The normalized spacial score (nSPS) is 10.1. The molecule has 2 rings (SSSR count). The van der Waals surface area contributed by atoms with Crippen LogP contribution in [0.2, 0.25) is 0 Å². The fraction of sp³-hybridized carbons (Fsp3) is 0.235. The Kier molecular flexibility index (Phi) is 4.95. The van der Waals surface area contributed by atoms with Crippen LogP contribution in [0.4, 0.5) is 5.69 Å². The van der Waals surface area contributed by atoms with Crippen molar-refractivity contribution in [2.75, 3.05) is 26.5 Å². The van der Waals surface area contributed by atoms with Gasteiger partial charge in [0.25, 0.3) is 11.8 Å². The molecule has 0 aliphatic heterocycles. The number of hydrogen-bond donors (Lipinski definition) is 1. The molecule has 0 radical (unpaired) electrons. The van der Waals surface area contributed by atoms with E-state index in [1.807, 2.05) is 0 Å². The Labute approximate surface area is 135 Å². The van der Waals surface area contributed by atoms with E-state index in [9.17, 15) is 9.59 Å². The molecule has 0 atom stereocenters. The number of rotatable bonds is 4. The number of benzene rings is 1. The first-order valence-corrected chi connectivity index (χ1v) is 7.06. The fourth-order valence-corrected chi connectivity index (χ4v) is 2.07. The number of carbonyl (C=O) groups excluding carboxylic acids is 2. The van der Waals surface area contributed by atoms with Crippen LogP contribution in [0, 0.1) is 6.92 Å². The van der Waals surface area contributed by atoms with Gasteiger partial charge < -0.3 is 15.0 Å². The third kappa shape index (κ3) is 3.66. The summed E-state index contributed by atoms with van der Waals surface area (Å²) in [6.45, 7) is 1.80. The molecule has 6 nitrogen and oxygen atoms in total. The lowest BCUT2D eigenvalue weighted by Crippen LogP contribution is -2.23. The summed E-state index contributed by atoms with van der Waals surface area (Å²) in [7, 11) is 4.89. The number of amides is 2. The minimum Gasteiger partial charge on any atom is -0.481 e. The van der Waals surface area contributed by atoms with Gasteiger partial charge in [0.05, 0.1) is 12.7 Å². The first kappa shape index (κ1) is 16.5. The van der Waals surface area contributed by atoms with Crippen molar-refractivity contribution in [1.29, 1.82) is 0 Å². The molecular formula is C17H19N3O3. The highest BCUT2D eigenvalue weighted by atomic mass is 16.5. The summed E-state index contributed by atoms with van der Waals surface area (Å²) < 4.78 is 4.97. The number of aromatic nitrogens is 1. The lowest BCUT2D eigenvalue weighted by atomic mass is 10.1. The van der Waals surface area contributed by atoms with Gasteiger partial charge in [0.1, 0.15) is 0 Å². The third-order valence-corrected chi connectivity index (χ3v) is 3.43. The monoisotopic (exact) mass is 313 g/mol. The molecule has 1 aromatic heterocycles. The summed E-state index contributed by atoms with van der Waals surface area (Å²) >= 11 is 0. The molecule has 2 aromatic rings. The number of methoxy groups -OCH3 is 1. The van der Waals surface area contributed by atoms with E-state index in [0.29, 0.717) is 22.7 Å². The van der Waals surface area contributed by atoms with E-state index >= 15 is 0 Å². The van der Waals surface area contributed by atoms with Gasteiger partial charge in [-0.15, -0.1) is 0 Å². The largest absolute Gasteiger partial charge is 0.481 e. The molecular weight excluding hydrogens is 294 g/mol. The van der Waals surface area contributed by atoms with Crippen molar-refractivity contribution in [3.8, 4) is 5.88 Å². The molecule has 0 fully saturated rings. The number of ether oxygens (including phenoxy) is 1.